The molecule has 0 aromatic carbocycles. The van der Waals surface area contributed by atoms with Crippen molar-refractivity contribution in [1.29, 1.82) is 0 Å². The molecule has 2 heterocycles. The quantitative estimate of drug-likeness (QED) is 0.669. The van der Waals surface area contributed by atoms with Crippen LogP contribution in [0.25, 0.3) is 5.65 Å². The van der Waals surface area contributed by atoms with Gasteiger partial charge in [0.05, 0.1) is 5.69 Å². The maximum Gasteiger partial charge on any atom is 0.281 e. The fraction of sp³-hybridized carbons (Fsp3) is 0.200. The zero-order valence-corrected chi connectivity index (χ0v) is 8.11. The molecule has 0 aliphatic carbocycles. The van der Waals surface area contributed by atoms with Gasteiger partial charge in [0, 0.05) is 6.20 Å². The van der Waals surface area contributed by atoms with E-state index in [4.69, 9.17) is 5.73 Å². The average molecular weight is 189 g/mol. The summed E-state index contributed by atoms with van der Waals surface area (Å²) in [4.78, 5) is 16.0. The van der Waals surface area contributed by atoms with Crippen LogP contribution in [0.3, 0.4) is 0 Å². The third-order valence-electron chi connectivity index (χ3n) is 2.27. The molecule has 0 aliphatic rings. The highest BCUT2D eigenvalue weighted by atomic mass is 16.1. The Morgan fingerprint density at radius 3 is 2.86 bits per heavy atom. The first-order chi connectivity index (χ1) is 6.61. The molecule has 4 nitrogen and oxygen atoms in total. The number of rotatable bonds is 0. The lowest BCUT2D eigenvalue weighted by Crippen LogP contribution is -2.20. The van der Waals surface area contributed by atoms with E-state index >= 15 is 0 Å². The molecule has 0 bridgehead atoms. The van der Waals surface area contributed by atoms with Crippen molar-refractivity contribution in [2.45, 2.75) is 13.8 Å². The van der Waals surface area contributed by atoms with Gasteiger partial charge in [0.15, 0.2) is 0 Å². The Kier molecular flexibility index (Phi) is 1.77. The average Bonchev–Trinajstić information content (AvgIpc) is 2.17. The van der Waals surface area contributed by atoms with Gasteiger partial charge in [-0.3, -0.25) is 9.20 Å². The first kappa shape index (κ1) is 8.74. The highest BCUT2D eigenvalue weighted by Gasteiger charge is 2.06. The molecule has 2 rings (SSSR count). The molecule has 14 heavy (non-hydrogen) atoms. The molecule has 0 unspecified atom stereocenters. The van der Waals surface area contributed by atoms with E-state index in [1.807, 2.05) is 13.0 Å². The minimum absolute atomic E-state index is 0.198. The lowest BCUT2D eigenvalue weighted by atomic mass is 10.3. The number of hydrogen-bond donors (Lipinski definition) is 1. The summed E-state index contributed by atoms with van der Waals surface area (Å²) in [5, 5.41) is 0. The van der Waals surface area contributed by atoms with E-state index in [1.165, 1.54) is 4.40 Å². The van der Waals surface area contributed by atoms with E-state index in [9.17, 15) is 4.79 Å². The summed E-state index contributed by atoms with van der Waals surface area (Å²) in [6.45, 7) is 3.65. The van der Waals surface area contributed by atoms with E-state index in [0.29, 0.717) is 11.3 Å². The maximum absolute atomic E-state index is 11.7. The predicted molar refractivity (Wildman–Crippen MR) is 55.3 cm³/mol. The van der Waals surface area contributed by atoms with Crippen LogP contribution < -0.4 is 11.3 Å². The minimum Gasteiger partial charge on any atom is -0.393 e. The topological polar surface area (TPSA) is 60.4 Å². The molecule has 0 saturated carbocycles. The molecule has 0 aliphatic heterocycles. The molecular weight excluding hydrogens is 178 g/mol. The molecule has 2 aromatic rings. The number of aryl methyl sites for hydroxylation is 2. The standard InChI is InChI=1S/C10H11N3O/c1-6-4-3-5-13-9(6)12-7(2)8(11)10(13)14/h3-5H,11H2,1-2H3. The van der Waals surface area contributed by atoms with Crippen molar-refractivity contribution in [3.63, 3.8) is 0 Å². The highest BCUT2D eigenvalue weighted by molar-refractivity contribution is 5.52. The molecule has 4 heteroatoms. The van der Waals surface area contributed by atoms with E-state index < -0.39 is 0 Å². The minimum atomic E-state index is -0.198. The lowest BCUT2D eigenvalue weighted by Gasteiger charge is -2.05. The fourth-order valence-electron chi connectivity index (χ4n) is 1.42. The number of hydrogen-bond acceptors (Lipinski definition) is 3. The molecule has 0 spiro atoms. The maximum atomic E-state index is 11.7. The molecule has 2 N–H and O–H groups in total. The van der Waals surface area contributed by atoms with Crippen molar-refractivity contribution in [2.75, 3.05) is 5.73 Å². The molecule has 0 fully saturated rings. The third kappa shape index (κ3) is 1.08. The monoisotopic (exact) mass is 189 g/mol. The van der Waals surface area contributed by atoms with Crippen LogP contribution >= 0.6 is 0 Å². The van der Waals surface area contributed by atoms with Gasteiger partial charge < -0.3 is 5.73 Å². The Balaban J connectivity index is 3.06. The van der Waals surface area contributed by atoms with Crippen LogP contribution in [-0.2, 0) is 0 Å². The summed E-state index contributed by atoms with van der Waals surface area (Å²) in [7, 11) is 0. The Morgan fingerprint density at radius 1 is 1.43 bits per heavy atom. The van der Waals surface area contributed by atoms with Crippen LogP contribution in [-0.4, -0.2) is 9.38 Å². The van der Waals surface area contributed by atoms with Gasteiger partial charge in [0.2, 0.25) is 0 Å². The Bertz CT molecular complexity index is 557. The number of nitrogen functional groups attached to an aromatic ring is 1. The van der Waals surface area contributed by atoms with Crippen molar-refractivity contribution in [2.24, 2.45) is 0 Å². The molecule has 0 atom stereocenters. The second-order valence-electron chi connectivity index (χ2n) is 3.30. The van der Waals surface area contributed by atoms with Crippen LogP contribution in [0.4, 0.5) is 5.69 Å². The van der Waals surface area contributed by atoms with Crippen molar-refractivity contribution in [3.05, 3.63) is 39.9 Å². The number of fused-ring (bicyclic) bond motifs is 1. The van der Waals surface area contributed by atoms with Crippen LogP contribution in [0, 0.1) is 13.8 Å². The van der Waals surface area contributed by atoms with Crippen molar-refractivity contribution in [1.82, 2.24) is 9.38 Å². The first-order valence-electron chi connectivity index (χ1n) is 4.35. The zero-order valence-electron chi connectivity index (χ0n) is 8.11. The summed E-state index contributed by atoms with van der Waals surface area (Å²) in [6, 6.07) is 3.72. The largest absolute Gasteiger partial charge is 0.393 e. The fourth-order valence-corrected chi connectivity index (χ4v) is 1.42. The number of nitrogens with two attached hydrogens (primary N) is 1. The summed E-state index contributed by atoms with van der Waals surface area (Å²) in [6.07, 6.45) is 1.67. The molecule has 72 valence electrons. The van der Waals surface area contributed by atoms with Crippen LogP contribution in [0.2, 0.25) is 0 Å². The normalized spacial score (nSPS) is 10.7. The van der Waals surface area contributed by atoms with Gasteiger partial charge >= 0.3 is 0 Å². The van der Waals surface area contributed by atoms with E-state index in [0.717, 1.165) is 5.56 Å². The van der Waals surface area contributed by atoms with Gasteiger partial charge in [0.25, 0.3) is 5.56 Å². The molecule has 0 radical (unpaired) electrons. The molecule has 0 saturated heterocycles. The number of pyridine rings is 1. The number of aromatic nitrogens is 2. The van der Waals surface area contributed by atoms with Gasteiger partial charge in [-0.25, -0.2) is 4.98 Å². The highest BCUT2D eigenvalue weighted by Crippen LogP contribution is 2.08. The van der Waals surface area contributed by atoms with E-state index in [2.05, 4.69) is 4.98 Å². The van der Waals surface area contributed by atoms with Crippen molar-refractivity contribution in [3.8, 4) is 0 Å². The van der Waals surface area contributed by atoms with E-state index in [1.54, 1.807) is 19.2 Å². The summed E-state index contributed by atoms with van der Waals surface area (Å²) >= 11 is 0. The molecule has 2 aromatic heterocycles. The van der Waals surface area contributed by atoms with Gasteiger partial charge in [0.1, 0.15) is 11.3 Å². The Labute approximate surface area is 81.0 Å². The molecular formula is C10H11N3O. The van der Waals surface area contributed by atoms with Gasteiger partial charge in [-0.1, -0.05) is 6.07 Å². The van der Waals surface area contributed by atoms with Gasteiger partial charge in [-0.15, -0.1) is 0 Å². The van der Waals surface area contributed by atoms with Gasteiger partial charge in [-0.05, 0) is 25.5 Å². The summed E-state index contributed by atoms with van der Waals surface area (Å²) in [5.41, 5.74) is 7.84. The third-order valence-corrected chi connectivity index (χ3v) is 2.27. The van der Waals surface area contributed by atoms with Gasteiger partial charge in [-0.2, -0.15) is 0 Å². The summed E-state index contributed by atoms with van der Waals surface area (Å²) in [5.74, 6) is 0. The predicted octanol–water partition coefficient (Wildman–Crippen LogP) is 0.894. The molecule has 0 amide bonds. The summed E-state index contributed by atoms with van der Waals surface area (Å²) < 4.78 is 1.47. The number of nitrogens with zero attached hydrogens (tertiary/aromatic N) is 2. The second-order valence-corrected chi connectivity index (χ2v) is 3.30. The first-order valence-corrected chi connectivity index (χ1v) is 4.35. The number of anilines is 1. The van der Waals surface area contributed by atoms with Crippen LogP contribution in [0.1, 0.15) is 11.3 Å². The SMILES string of the molecule is Cc1nc2c(C)cccn2c(=O)c1N. The Morgan fingerprint density at radius 2 is 2.14 bits per heavy atom. The van der Waals surface area contributed by atoms with Crippen LogP contribution in [0.15, 0.2) is 23.1 Å². The zero-order chi connectivity index (χ0) is 10.3. The second kappa shape index (κ2) is 2.83. The van der Waals surface area contributed by atoms with Crippen molar-refractivity contribution < 1.29 is 0 Å². The Hall–Kier alpha value is -1.84. The lowest BCUT2D eigenvalue weighted by molar-refractivity contribution is 1.01. The van der Waals surface area contributed by atoms with Crippen molar-refractivity contribution >= 4 is 11.3 Å². The van der Waals surface area contributed by atoms with Crippen LogP contribution in [0.5, 0.6) is 0 Å². The smallest absolute Gasteiger partial charge is 0.281 e. The van der Waals surface area contributed by atoms with E-state index in [-0.39, 0.29) is 11.2 Å².